The van der Waals surface area contributed by atoms with Crippen molar-refractivity contribution in [3.63, 3.8) is 0 Å². The van der Waals surface area contributed by atoms with Crippen LogP contribution in [-0.4, -0.2) is 44.7 Å². The number of aryl methyl sites for hydroxylation is 1. The zero-order chi connectivity index (χ0) is 24.6. The number of ether oxygens (including phenoxy) is 1. The summed E-state index contributed by atoms with van der Waals surface area (Å²) in [4.78, 5) is 16.4. The van der Waals surface area contributed by atoms with Gasteiger partial charge in [-0.05, 0) is 53.9 Å². The monoisotopic (exact) mass is 518 g/mol. The normalized spacial score (nSPS) is 12.1. The number of carboxylic acids is 1. The van der Waals surface area contributed by atoms with Crippen LogP contribution in [0.4, 0.5) is 0 Å². The number of hydrogen-bond acceptors (Lipinski definition) is 6. The van der Waals surface area contributed by atoms with Gasteiger partial charge in [0.25, 0.3) is 0 Å². The number of sulfonamides is 1. The number of nitrogens with zero attached hydrogens (tertiary/aromatic N) is 1. The second-order valence-corrected chi connectivity index (χ2v) is 9.44. The standard InChI is InChI=1S/C20H24Cl2N4O6S/c1-12-9-14(21)11-16(22)18(12)33(29,30)26-17(19(27)28)10-13-3-5-15(6-4-13)31-7-2-8-32-25-20(23)24/h3-6,9,11,17,26H,2,7-8,10H2,1H3,(H,27,28)(H4,23,24,25)/t17-/m0/s1. The molecule has 33 heavy (non-hydrogen) atoms. The molecular formula is C20H24Cl2N4O6S. The number of aliphatic carboxylic acids is 1. The van der Waals surface area contributed by atoms with Crippen LogP contribution in [-0.2, 0) is 26.1 Å². The average Bonchev–Trinajstić information content (AvgIpc) is 2.69. The highest BCUT2D eigenvalue weighted by atomic mass is 35.5. The second kappa shape index (κ2) is 11.9. The summed E-state index contributed by atoms with van der Waals surface area (Å²) in [6, 6.07) is 7.90. The fourth-order valence-corrected chi connectivity index (χ4v) is 5.22. The van der Waals surface area contributed by atoms with Crippen molar-refractivity contribution in [2.45, 2.75) is 30.7 Å². The van der Waals surface area contributed by atoms with Crippen LogP contribution < -0.4 is 20.9 Å². The Hall–Kier alpha value is -2.73. The molecule has 0 unspecified atom stereocenters. The lowest BCUT2D eigenvalue weighted by Gasteiger charge is -2.17. The molecule has 0 bridgehead atoms. The Morgan fingerprint density at radius 1 is 1.18 bits per heavy atom. The highest BCUT2D eigenvalue weighted by molar-refractivity contribution is 7.89. The van der Waals surface area contributed by atoms with Gasteiger partial charge in [-0.25, -0.2) is 8.42 Å². The summed E-state index contributed by atoms with van der Waals surface area (Å²) >= 11 is 11.9. The largest absolute Gasteiger partial charge is 0.493 e. The van der Waals surface area contributed by atoms with Gasteiger partial charge in [0.2, 0.25) is 16.0 Å². The van der Waals surface area contributed by atoms with Crippen LogP contribution in [0.5, 0.6) is 5.75 Å². The van der Waals surface area contributed by atoms with Crippen molar-refractivity contribution < 1.29 is 27.9 Å². The number of oxime groups is 1. The van der Waals surface area contributed by atoms with Crippen molar-refractivity contribution in [1.29, 1.82) is 0 Å². The van der Waals surface area contributed by atoms with E-state index in [1.165, 1.54) is 19.1 Å². The van der Waals surface area contributed by atoms with Crippen molar-refractivity contribution in [3.8, 4) is 5.75 Å². The first-order valence-corrected chi connectivity index (χ1v) is 11.9. The molecule has 180 valence electrons. The number of benzene rings is 2. The first-order chi connectivity index (χ1) is 15.5. The van der Waals surface area contributed by atoms with E-state index in [-0.39, 0.29) is 33.9 Å². The lowest BCUT2D eigenvalue weighted by Crippen LogP contribution is -2.42. The molecule has 0 aliphatic carbocycles. The predicted molar refractivity (Wildman–Crippen MR) is 125 cm³/mol. The van der Waals surface area contributed by atoms with Gasteiger partial charge in [0.15, 0.2) is 0 Å². The van der Waals surface area contributed by atoms with Crippen LogP contribution in [0.1, 0.15) is 17.5 Å². The van der Waals surface area contributed by atoms with Gasteiger partial charge in [-0.15, -0.1) is 0 Å². The number of guanidine groups is 1. The summed E-state index contributed by atoms with van der Waals surface area (Å²) in [7, 11) is -4.22. The van der Waals surface area contributed by atoms with Gasteiger partial charge in [0.05, 0.1) is 11.6 Å². The van der Waals surface area contributed by atoms with Crippen molar-refractivity contribution >= 4 is 45.2 Å². The minimum Gasteiger partial charge on any atom is -0.493 e. The molecule has 2 rings (SSSR count). The molecule has 0 radical (unpaired) electrons. The molecule has 0 amide bonds. The summed E-state index contributed by atoms with van der Waals surface area (Å²) in [6.07, 6.45) is 0.444. The lowest BCUT2D eigenvalue weighted by atomic mass is 10.1. The molecule has 1 atom stereocenters. The maximum atomic E-state index is 12.8. The van der Waals surface area contributed by atoms with E-state index < -0.39 is 22.0 Å². The number of carboxylic acid groups (broad SMARTS) is 1. The van der Waals surface area contributed by atoms with E-state index in [1.807, 2.05) is 0 Å². The van der Waals surface area contributed by atoms with E-state index in [1.54, 1.807) is 24.3 Å². The van der Waals surface area contributed by atoms with Gasteiger partial charge in [0.1, 0.15) is 23.3 Å². The fourth-order valence-electron chi connectivity index (χ4n) is 2.85. The van der Waals surface area contributed by atoms with E-state index in [4.69, 9.17) is 44.2 Å². The molecule has 2 aromatic rings. The Morgan fingerprint density at radius 2 is 1.85 bits per heavy atom. The van der Waals surface area contributed by atoms with Crippen LogP contribution in [0.15, 0.2) is 46.4 Å². The van der Waals surface area contributed by atoms with Gasteiger partial charge < -0.3 is 26.1 Å². The zero-order valence-electron chi connectivity index (χ0n) is 17.6. The highest BCUT2D eigenvalue weighted by Crippen LogP contribution is 2.29. The first-order valence-electron chi connectivity index (χ1n) is 9.63. The second-order valence-electron chi connectivity index (χ2n) is 6.95. The van der Waals surface area contributed by atoms with Gasteiger partial charge in [-0.3, -0.25) is 4.79 Å². The van der Waals surface area contributed by atoms with Crippen LogP contribution in [0.2, 0.25) is 10.0 Å². The third-order valence-corrected chi connectivity index (χ3v) is 6.54. The minimum absolute atomic E-state index is 0.0918. The maximum absolute atomic E-state index is 12.8. The zero-order valence-corrected chi connectivity index (χ0v) is 20.0. The maximum Gasteiger partial charge on any atom is 0.322 e. The fraction of sp³-hybridized carbons (Fsp3) is 0.300. The molecule has 0 spiro atoms. The SMILES string of the molecule is Cc1cc(Cl)cc(Cl)c1S(=O)(=O)N[C@@H](Cc1ccc(OCCCON=C(N)N)cc1)C(=O)O. The molecule has 0 heterocycles. The number of carbonyl (C=O) groups is 1. The minimum atomic E-state index is -4.22. The summed E-state index contributed by atoms with van der Waals surface area (Å²) < 4.78 is 33.4. The van der Waals surface area contributed by atoms with E-state index in [9.17, 15) is 18.3 Å². The van der Waals surface area contributed by atoms with Gasteiger partial charge in [0, 0.05) is 11.4 Å². The first kappa shape index (κ1) is 26.5. The number of hydrogen-bond donors (Lipinski definition) is 4. The molecule has 2 aromatic carbocycles. The summed E-state index contributed by atoms with van der Waals surface area (Å²) in [5.41, 5.74) is 11.2. The number of rotatable bonds is 12. The number of halogens is 2. The van der Waals surface area contributed by atoms with Crippen LogP contribution in [0.25, 0.3) is 0 Å². The van der Waals surface area contributed by atoms with E-state index in [0.717, 1.165) is 0 Å². The molecule has 6 N–H and O–H groups in total. The molecular weight excluding hydrogens is 495 g/mol. The van der Waals surface area contributed by atoms with E-state index in [2.05, 4.69) is 9.88 Å². The molecule has 0 fully saturated rings. The van der Waals surface area contributed by atoms with E-state index >= 15 is 0 Å². The van der Waals surface area contributed by atoms with Crippen LogP contribution in [0.3, 0.4) is 0 Å². The quantitative estimate of drug-likeness (QED) is 0.143. The number of nitrogens with two attached hydrogens (primary N) is 2. The Bertz CT molecular complexity index is 1080. The smallest absolute Gasteiger partial charge is 0.322 e. The molecule has 0 aliphatic rings. The molecule has 0 aliphatic heterocycles. The summed E-state index contributed by atoms with van der Waals surface area (Å²) in [5, 5.41) is 13.1. The Labute approximate surface area is 201 Å². The summed E-state index contributed by atoms with van der Waals surface area (Å²) in [5.74, 6) is -0.945. The van der Waals surface area contributed by atoms with Crippen molar-refractivity contribution in [1.82, 2.24) is 4.72 Å². The molecule has 0 saturated carbocycles. The van der Waals surface area contributed by atoms with Crippen molar-refractivity contribution in [3.05, 3.63) is 57.6 Å². The average molecular weight is 519 g/mol. The van der Waals surface area contributed by atoms with Gasteiger partial charge >= 0.3 is 5.97 Å². The lowest BCUT2D eigenvalue weighted by molar-refractivity contribution is -0.138. The molecule has 13 heteroatoms. The third kappa shape index (κ3) is 8.28. The highest BCUT2D eigenvalue weighted by Gasteiger charge is 2.28. The number of nitrogens with one attached hydrogen (secondary N) is 1. The molecule has 10 nitrogen and oxygen atoms in total. The van der Waals surface area contributed by atoms with Gasteiger partial charge in [-0.1, -0.05) is 35.3 Å². The Kier molecular flexibility index (Phi) is 9.59. The Morgan fingerprint density at radius 3 is 2.42 bits per heavy atom. The van der Waals surface area contributed by atoms with Crippen molar-refractivity contribution in [2.75, 3.05) is 13.2 Å². The predicted octanol–water partition coefficient (Wildman–Crippen LogP) is 2.25. The molecule has 0 saturated heterocycles. The Balaban J connectivity index is 2.01. The van der Waals surface area contributed by atoms with Crippen LogP contribution >= 0.6 is 23.2 Å². The summed E-state index contributed by atoms with van der Waals surface area (Å²) in [6.45, 7) is 2.14. The van der Waals surface area contributed by atoms with Crippen molar-refractivity contribution in [2.24, 2.45) is 16.6 Å². The van der Waals surface area contributed by atoms with Crippen LogP contribution in [0, 0.1) is 6.92 Å². The third-order valence-electron chi connectivity index (χ3n) is 4.24. The molecule has 0 aromatic heterocycles. The topological polar surface area (TPSA) is 166 Å². The van der Waals surface area contributed by atoms with Gasteiger partial charge in [-0.2, -0.15) is 4.72 Å². The van der Waals surface area contributed by atoms with E-state index in [0.29, 0.717) is 29.9 Å².